The van der Waals surface area contributed by atoms with Crippen molar-refractivity contribution >= 4 is 17.2 Å². The summed E-state index contributed by atoms with van der Waals surface area (Å²) >= 11 is 1.64. The molecule has 0 aliphatic heterocycles. The second-order valence-corrected chi connectivity index (χ2v) is 6.10. The van der Waals surface area contributed by atoms with Crippen LogP contribution in [0.3, 0.4) is 0 Å². The number of ether oxygens (including phenoxy) is 1. The molecule has 1 heterocycles. The highest BCUT2D eigenvalue weighted by Gasteiger charge is 2.14. The number of aliphatic hydroxyl groups excluding tert-OH is 1. The minimum Gasteiger partial charge on any atom is -0.494 e. The Kier molecular flexibility index (Phi) is 6.55. The zero-order chi connectivity index (χ0) is 16.7. The van der Waals surface area contributed by atoms with Gasteiger partial charge >= 0.3 is 0 Å². The number of hydrogen-bond acceptors (Lipinski definition) is 4. The topological polar surface area (TPSA) is 58.6 Å². The summed E-state index contributed by atoms with van der Waals surface area (Å²) in [4.78, 5) is 13.3. The third-order valence-corrected chi connectivity index (χ3v) is 4.65. The summed E-state index contributed by atoms with van der Waals surface area (Å²) in [6, 6.07) is 8.14. The van der Waals surface area contributed by atoms with Crippen molar-refractivity contribution in [2.45, 2.75) is 18.8 Å². The number of carbonyl (C=O) groups excluding carboxylic acids is 1. The fraction of sp³-hybridized carbons (Fsp3) is 0.353. The van der Waals surface area contributed by atoms with Gasteiger partial charge in [-0.2, -0.15) is 0 Å². The van der Waals surface area contributed by atoms with Crippen molar-refractivity contribution in [1.29, 1.82) is 0 Å². The van der Waals surface area contributed by atoms with E-state index in [9.17, 15) is 9.18 Å². The molecule has 2 aromatic rings. The van der Waals surface area contributed by atoms with E-state index >= 15 is 0 Å². The molecule has 0 unspecified atom stereocenters. The van der Waals surface area contributed by atoms with Crippen LogP contribution in [0.4, 0.5) is 4.39 Å². The Morgan fingerprint density at radius 3 is 2.83 bits per heavy atom. The standard InChI is InChI=1S/C17H20FNO3S/c1-22-15-5-4-13(11-14(15)18)17(21)19-8-6-12(7-9-20)16-3-2-10-23-16/h2-5,10-12,20H,6-9H2,1H3,(H,19,21)/t12-/m1/s1. The van der Waals surface area contributed by atoms with Crippen LogP contribution in [0.5, 0.6) is 5.75 Å². The summed E-state index contributed by atoms with van der Waals surface area (Å²) in [5.74, 6) is -0.549. The molecule has 6 heteroatoms. The molecule has 1 aromatic heterocycles. The van der Waals surface area contributed by atoms with Crippen LogP contribution in [0.1, 0.15) is 34.0 Å². The van der Waals surface area contributed by atoms with Gasteiger partial charge in [0, 0.05) is 23.6 Å². The molecule has 1 amide bonds. The molecule has 0 aliphatic rings. The van der Waals surface area contributed by atoms with Gasteiger partial charge in [0.1, 0.15) is 0 Å². The maximum atomic E-state index is 13.6. The van der Waals surface area contributed by atoms with Crippen LogP contribution in [0.15, 0.2) is 35.7 Å². The van der Waals surface area contributed by atoms with Gasteiger partial charge in [-0.1, -0.05) is 6.07 Å². The van der Waals surface area contributed by atoms with Gasteiger partial charge in [-0.05, 0) is 48.4 Å². The molecule has 4 nitrogen and oxygen atoms in total. The molecule has 2 N–H and O–H groups in total. The molecular formula is C17H20FNO3S. The summed E-state index contributed by atoms with van der Waals surface area (Å²) in [7, 11) is 1.38. The molecular weight excluding hydrogens is 317 g/mol. The van der Waals surface area contributed by atoms with E-state index in [2.05, 4.69) is 5.32 Å². The maximum absolute atomic E-state index is 13.6. The molecule has 0 radical (unpaired) electrons. The Morgan fingerprint density at radius 1 is 1.39 bits per heavy atom. The fourth-order valence-electron chi connectivity index (χ4n) is 2.38. The predicted molar refractivity (Wildman–Crippen MR) is 88.7 cm³/mol. The van der Waals surface area contributed by atoms with Crippen LogP contribution in [-0.4, -0.2) is 31.3 Å². The number of nitrogens with one attached hydrogen (secondary N) is 1. The Morgan fingerprint density at radius 2 is 2.22 bits per heavy atom. The molecule has 124 valence electrons. The van der Waals surface area contributed by atoms with Crippen LogP contribution in [0, 0.1) is 5.82 Å². The normalized spacial score (nSPS) is 12.0. The first-order valence-corrected chi connectivity index (χ1v) is 8.29. The minimum atomic E-state index is -0.558. The molecule has 0 saturated carbocycles. The Labute approximate surface area is 138 Å². The minimum absolute atomic E-state index is 0.111. The summed E-state index contributed by atoms with van der Waals surface area (Å²) < 4.78 is 18.4. The van der Waals surface area contributed by atoms with Gasteiger partial charge in [0.2, 0.25) is 0 Å². The van der Waals surface area contributed by atoms with Crippen LogP contribution in [0.2, 0.25) is 0 Å². The van der Waals surface area contributed by atoms with Gasteiger partial charge in [-0.3, -0.25) is 4.79 Å². The van der Waals surface area contributed by atoms with E-state index in [0.717, 1.165) is 6.42 Å². The highest BCUT2D eigenvalue weighted by atomic mass is 32.1. The Bertz CT molecular complexity index is 631. The van der Waals surface area contributed by atoms with Crippen molar-refractivity contribution in [3.63, 3.8) is 0 Å². The van der Waals surface area contributed by atoms with Crippen molar-refractivity contribution < 1.29 is 19.0 Å². The lowest BCUT2D eigenvalue weighted by Gasteiger charge is -2.14. The molecule has 23 heavy (non-hydrogen) atoms. The number of benzene rings is 1. The van der Waals surface area contributed by atoms with Gasteiger partial charge in [0.15, 0.2) is 11.6 Å². The number of rotatable bonds is 8. The average Bonchev–Trinajstić information content (AvgIpc) is 3.08. The number of thiophene rings is 1. The van der Waals surface area contributed by atoms with E-state index in [1.165, 1.54) is 30.2 Å². The lowest BCUT2D eigenvalue weighted by atomic mass is 10.00. The van der Waals surface area contributed by atoms with Crippen molar-refractivity contribution in [3.8, 4) is 5.75 Å². The van der Waals surface area contributed by atoms with Crippen LogP contribution in [-0.2, 0) is 0 Å². The second-order valence-electron chi connectivity index (χ2n) is 5.12. The highest BCUT2D eigenvalue weighted by Crippen LogP contribution is 2.27. The number of carbonyl (C=O) groups is 1. The van der Waals surface area contributed by atoms with Gasteiger partial charge in [0.25, 0.3) is 5.91 Å². The molecule has 0 spiro atoms. The zero-order valence-electron chi connectivity index (χ0n) is 12.9. The predicted octanol–water partition coefficient (Wildman–Crippen LogP) is 3.18. The molecule has 1 aromatic carbocycles. The molecule has 0 aliphatic carbocycles. The van der Waals surface area contributed by atoms with Crippen LogP contribution < -0.4 is 10.1 Å². The van der Waals surface area contributed by atoms with Gasteiger partial charge in [-0.25, -0.2) is 4.39 Å². The molecule has 0 bridgehead atoms. The summed E-state index contributed by atoms with van der Waals surface area (Å²) in [6.45, 7) is 0.579. The highest BCUT2D eigenvalue weighted by molar-refractivity contribution is 7.10. The summed E-state index contributed by atoms with van der Waals surface area (Å²) in [5.41, 5.74) is 0.262. The average molecular weight is 337 g/mol. The monoisotopic (exact) mass is 337 g/mol. The number of hydrogen-bond donors (Lipinski definition) is 2. The first-order chi connectivity index (χ1) is 11.2. The summed E-state index contributed by atoms with van der Waals surface area (Å²) in [6.07, 6.45) is 1.39. The van der Waals surface area contributed by atoms with E-state index in [4.69, 9.17) is 9.84 Å². The smallest absolute Gasteiger partial charge is 0.251 e. The first kappa shape index (κ1) is 17.4. The Balaban J connectivity index is 1.89. The van der Waals surface area contributed by atoms with Crippen molar-refractivity contribution in [1.82, 2.24) is 5.32 Å². The lowest BCUT2D eigenvalue weighted by Crippen LogP contribution is -2.25. The molecule has 2 rings (SSSR count). The van der Waals surface area contributed by atoms with Gasteiger partial charge in [0.05, 0.1) is 7.11 Å². The van der Waals surface area contributed by atoms with E-state index in [-0.39, 0.29) is 29.7 Å². The number of halogens is 1. The number of aliphatic hydroxyl groups is 1. The Hall–Kier alpha value is -1.92. The third-order valence-electron chi connectivity index (χ3n) is 3.62. The molecule has 0 saturated heterocycles. The fourth-order valence-corrected chi connectivity index (χ4v) is 3.28. The first-order valence-electron chi connectivity index (χ1n) is 7.41. The largest absolute Gasteiger partial charge is 0.494 e. The third kappa shape index (κ3) is 4.77. The number of methoxy groups -OCH3 is 1. The van der Waals surface area contributed by atoms with Crippen molar-refractivity contribution in [2.75, 3.05) is 20.3 Å². The van der Waals surface area contributed by atoms with Crippen LogP contribution >= 0.6 is 11.3 Å². The summed E-state index contributed by atoms with van der Waals surface area (Å²) in [5, 5.41) is 14.0. The maximum Gasteiger partial charge on any atom is 0.251 e. The van der Waals surface area contributed by atoms with Crippen molar-refractivity contribution in [2.24, 2.45) is 0 Å². The van der Waals surface area contributed by atoms with Gasteiger partial charge in [-0.15, -0.1) is 11.3 Å². The van der Waals surface area contributed by atoms with Crippen LogP contribution in [0.25, 0.3) is 0 Å². The van der Waals surface area contributed by atoms with E-state index in [1.807, 2.05) is 17.5 Å². The van der Waals surface area contributed by atoms with E-state index in [1.54, 1.807) is 11.3 Å². The van der Waals surface area contributed by atoms with E-state index < -0.39 is 5.82 Å². The second kappa shape index (κ2) is 8.64. The van der Waals surface area contributed by atoms with Crippen molar-refractivity contribution in [3.05, 3.63) is 52.0 Å². The SMILES string of the molecule is COc1ccc(C(=O)NCC[C@H](CCO)c2cccs2)cc1F. The van der Waals surface area contributed by atoms with Gasteiger partial charge < -0.3 is 15.2 Å². The lowest BCUT2D eigenvalue weighted by molar-refractivity contribution is 0.0951. The molecule has 1 atom stereocenters. The quantitative estimate of drug-likeness (QED) is 0.778. The van der Waals surface area contributed by atoms with E-state index in [0.29, 0.717) is 13.0 Å². The molecule has 0 fully saturated rings. The number of amides is 1. The zero-order valence-corrected chi connectivity index (χ0v) is 13.7.